The lowest BCUT2D eigenvalue weighted by Gasteiger charge is -2.18. The van der Waals surface area contributed by atoms with E-state index in [1.807, 2.05) is 13.0 Å². The highest BCUT2D eigenvalue weighted by Gasteiger charge is 2.13. The molecule has 4 heteroatoms. The number of aryl methyl sites for hydroxylation is 1. The maximum Gasteiger partial charge on any atom is 0.231 e. The molecule has 0 saturated heterocycles. The Morgan fingerprint density at radius 1 is 1.19 bits per heavy atom. The summed E-state index contributed by atoms with van der Waals surface area (Å²) in [4.78, 5) is 0. The summed E-state index contributed by atoms with van der Waals surface area (Å²) in [6.45, 7) is 7.51. The molecule has 0 spiro atoms. The molecule has 0 saturated carbocycles. The van der Waals surface area contributed by atoms with E-state index in [1.54, 1.807) is 0 Å². The lowest BCUT2D eigenvalue weighted by molar-refractivity contribution is 0.162. The minimum absolute atomic E-state index is 0.217. The van der Waals surface area contributed by atoms with Crippen LogP contribution in [-0.2, 0) is 6.42 Å². The Labute approximate surface area is 127 Å². The fraction of sp³-hybridized carbons (Fsp3) is 0.647. The number of nitrogens with one attached hydrogen (secondary N) is 1. The first-order valence-corrected chi connectivity index (χ1v) is 7.84. The van der Waals surface area contributed by atoms with Gasteiger partial charge in [0.25, 0.3) is 0 Å². The topological polar surface area (TPSA) is 50.7 Å². The maximum absolute atomic E-state index is 9.37. The fourth-order valence-electron chi connectivity index (χ4n) is 2.65. The quantitative estimate of drug-likeness (QED) is 0.774. The van der Waals surface area contributed by atoms with Gasteiger partial charge in [-0.25, -0.2) is 0 Å². The third-order valence-corrected chi connectivity index (χ3v) is 3.86. The average Bonchev–Trinajstić information content (AvgIpc) is 2.89. The summed E-state index contributed by atoms with van der Waals surface area (Å²) < 4.78 is 10.7. The molecule has 0 radical (unpaired) electrons. The lowest BCUT2D eigenvalue weighted by atomic mass is 10.0. The molecule has 1 aliphatic heterocycles. The van der Waals surface area contributed by atoms with Crippen molar-refractivity contribution in [3.63, 3.8) is 0 Å². The van der Waals surface area contributed by atoms with Gasteiger partial charge in [-0.3, -0.25) is 0 Å². The third kappa shape index (κ3) is 5.21. The van der Waals surface area contributed by atoms with E-state index in [-0.39, 0.29) is 6.10 Å². The van der Waals surface area contributed by atoms with Crippen molar-refractivity contribution in [2.75, 3.05) is 13.3 Å². The zero-order valence-electron chi connectivity index (χ0n) is 13.3. The highest BCUT2D eigenvalue weighted by Crippen LogP contribution is 2.32. The van der Waals surface area contributed by atoms with Crippen LogP contribution in [0.5, 0.6) is 11.5 Å². The molecule has 0 aromatic heterocycles. The predicted octanol–water partition coefficient (Wildman–Crippen LogP) is 2.73. The second-order valence-electron chi connectivity index (χ2n) is 6.23. The molecule has 1 aromatic rings. The van der Waals surface area contributed by atoms with E-state index in [9.17, 15) is 5.11 Å². The van der Waals surface area contributed by atoms with Gasteiger partial charge in [0.2, 0.25) is 6.79 Å². The van der Waals surface area contributed by atoms with Crippen LogP contribution in [0.4, 0.5) is 0 Å². The van der Waals surface area contributed by atoms with E-state index < -0.39 is 0 Å². The monoisotopic (exact) mass is 293 g/mol. The van der Waals surface area contributed by atoms with Crippen molar-refractivity contribution in [1.82, 2.24) is 5.32 Å². The number of hydrogen-bond donors (Lipinski definition) is 2. The molecule has 1 heterocycles. The first-order valence-electron chi connectivity index (χ1n) is 7.84. The van der Waals surface area contributed by atoms with Gasteiger partial charge in [0.1, 0.15) is 0 Å². The van der Waals surface area contributed by atoms with E-state index >= 15 is 0 Å². The molecular formula is C17H27NO3. The normalized spacial score (nSPS) is 17.5. The number of aliphatic hydroxyl groups is 1. The van der Waals surface area contributed by atoms with Crippen LogP contribution >= 0.6 is 0 Å². The summed E-state index contributed by atoms with van der Waals surface area (Å²) in [5.74, 6) is 2.20. The first-order chi connectivity index (χ1) is 10.0. The van der Waals surface area contributed by atoms with Crippen LogP contribution in [0.25, 0.3) is 0 Å². The van der Waals surface area contributed by atoms with Gasteiger partial charge in [-0.1, -0.05) is 13.0 Å². The maximum atomic E-state index is 9.37. The highest BCUT2D eigenvalue weighted by atomic mass is 16.7. The third-order valence-electron chi connectivity index (χ3n) is 3.86. The van der Waals surface area contributed by atoms with Gasteiger partial charge < -0.3 is 19.9 Å². The van der Waals surface area contributed by atoms with Gasteiger partial charge >= 0.3 is 0 Å². The van der Waals surface area contributed by atoms with Crippen LogP contribution in [0.3, 0.4) is 0 Å². The number of hydrogen-bond acceptors (Lipinski definition) is 4. The van der Waals surface area contributed by atoms with Crippen molar-refractivity contribution in [2.24, 2.45) is 5.92 Å². The number of fused-ring (bicyclic) bond motifs is 1. The zero-order valence-corrected chi connectivity index (χ0v) is 13.3. The summed E-state index contributed by atoms with van der Waals surface area (Å²) in [5.41, 5.74) is 1.28. The molecular weight excluding hydrogens is 266 g/mol. The van der Waals surface area contributed by atoms with Crippen LogP contribution < -0.4 is 14.8 Å². The summed E-state index contributed by atoms with van der Waals surface area (Å²) in [6, 6.07) is 6.63. The molecule has 4 nitrogen and oxygen atoms in total. The number of benzene rings is 1. The van der Waals surface area contributed by atoms with Crippen molar-refractivity contribution in [1.29, 1.82) is 0 Å². The molecule has 1 aliphatic rings. The van der Waals surface area contributed by atoms with Crippen LogP contribution in [0.2, 0.25) is 0 Å². The number of rotatable bonds is 8. The van der Waals surface area contributed by atoms with Crippen molar-refractivity contribution < 1.29 is 14.6 Å². The van der Waals surface area contributed by atoms with Gasteiger partial charge in [0.15, 0.2) is 11.5 Å². The fourth-order valence-corrected chi connectivity index (χ4v) is 2.65. The van der Waals surface area contributed by atoms with E-state index in [1.165, 1.54) is 5.56 Å². The number of aliphatic hydroxyl groups excluding tert-OH is 1. The molecule has 0 fully saturated rings. The smallest absolute Gasteiger partial charge is 0.231 e. The molecule has 1 aromatic carbocycles. The van der Waals surface area contributed by atoms with E-state index in [0.717, 1.165) is 37.3 Å². The van der Waals surface area contributed by atoms with Gasteiger partial charge in [-0.15, -0.1) is 0 Å². The van der Waals surface area contributed by atoms with E-state index in [0.29, 0.717) is 18.8 Å². The Bertz CT molecular complexity index is 448. The van der Waals surface area contributed by atoms with Gasteiger partial charge in [-0.2, -0.15) is 0 Å². The van der Waals surface area contributed by atoms with Crippen molar-refractivity contribution in [3.05, 3.63) is 23.8 Å². The molecule has 2 N–H and O–H groups in total. The van der Waals surface area contributed by atoms with Crippen LogP contribution in [-0.4, -0.2) is 30.6 Å². The standard InChI is InChI=1S/C17H27NO3/c1-12(8-14(3)19)10-18-13(2)4-5-15-6-7-16-17(9-15)21-11-20-16/h6-7,9,12-14,18-19H,4-5,8,10-11H2,1-3H3. The summed E-state index contributed by atoms with van der Waals surface area (Å²) in [6.07, 6.45) is 2.74. The molecule has 0 aliphatic carbocycles. The first kappa shape index (κ1) is 16.1. The Kier molecular flexibility index (Phi) is 5.88. The van der Waals surface area contributed by atoms with Gasteiger partial charge in [0, 0.05) is 6.04 Å². The Morgan fingerprint density at radius 3 is 2.71 bits per heavy atom. The SMILES string of the molecule is CC(O)CC(C)CNC(C)CCc1ccc2c(c1)OCO2. The summed E-state index contributed by atoms with van der Waals surface area (Å²) >= 11 is 0. The van der Waals surface area contributed by atoms with Crippen molar-refractivity contribution >= 4 is 0 Å². The molecule has 3 atom stereocenters. The number of ether oxygens (including phenoxy) is 2. The molecule has 118 valence electrons. The predicted molar refractivity (Wildman–Crippen MR) is 83.8 cm³/mol. The molecule has 2 rings (SSSR count). The second kappa shape index (κ2) is 7.66. The largest absolute Gasteiger partial charge is 0.454 e. The lowest BCUT2D eigenvalue weighted by Crippen LogP contribution is -2.31. The van der Waals surface area contributed by atoms with Crippen LogP contribution in [0.1, 0.15) is 39.2 Å². The minimum atomic E-state index is -0.217. The Morgan fingerprint density at radius 2 is 1.95 bits per heavy atom. The Balaban J connectivity index is 1.70. The average molecular weight is 293 g/mol. The van der Waals surface area contributed by atoms with Crippen LogP contribution in [0.15, 0.2) is 18.2 Å². The van der Waals surface area contributed by atoms with E-state index in [2.05, 4.69) is 31.3 Å². The van der Waals surface area contributed by atoms with Crippen molar-refractivity contribution in [3.8, 4) is 11.5 Å². The minimum Gasteiger partial charge on any atom is -0.454 e. The summed E-state index contributed by atoms with van der Waals surface area (Å²) in [7, 11) is 0. The molecule has 0 amide bonds. The van der Waals surface area contributed by atoms with E-state index in [4.69, 9.17) is 9.47 Å². The highest BCUT2D eigenvalue weighted by molar-refractivity contribution is 5.44. The van der Waals surface area contributed by atoms with Gasteiger partial charge in [0.05, 0.1) is 6.10 Å². The van der Waals surface area contributed by atoms with Crippen molar-refractivity contribution in [2.45, 2.75) is 52.2 Å². The molecule has 21 heavy (non-hydrogen) atoms. The summed E-state index contributed by atoms with van der Waals surface area (Å²) in [5, 5.41) is 12.9. The molecule has 3 unspecified atom stereocenters. The van der Waals surface area contributed by atoms with Crippen LogP contribution in [0, 0.1) is 5.92 Å². The van der Waals surface area contributed by atoms with Gasteiger partial charge in [-0.05, 0) is 63.3 Å². The molecule has 0 bridgehead atoms. The zero-order chi connectivity index (χ0) is 15.2. The second-order valence-corrected chi connectivity index (χ2v) is 6.23. The Hall–Kier alpha value is -1.26.